The average Bonchev–Trinajstić information content (AvgIpc) is 3.02. The molecular formula is C35H42ClN3O5. The van der Waals surface area contributed by atoms with E-state index in [0.717, 1.165) is 47.1 Å². The summed E-state index contributed by atoms with van der Waals surface area (Å²) in [7, 11) is 1.50. The second-order valence-corrected chi connectivity index (χ2v) is 12.1. The van der Waals surface area contributed by atoms with Crippen molar-refractivity contribution >= 4 is 29.5 Å². The number of nitrogens with one attached hydrogen (secondary N) is 1. The number of aryl methyl sites for hydroxylation is 1. The first kappa shape index (κ1) is 33.0. The van der Waals surface area contributed by atoms with E-state index < -0.39 is 11.7 Å². The maximum Gasteiger partial charge on any atom is 0.407 e. The largest absolute Gasteiger partial charge is 0.465 e. The third kappa shape index (κ3) is 7.79. The first-order valence-corrected chi connectivity index (χ1v) is 15.6. The summed E-state index contributed by atoms with van der Waals surface area (Å²) in [5.41, 5.74) is 3.61. The second kappa shape index (κ2) is 14.7. The van der Waals surface area contributed by atoms with Gasteiger partial charge in [-0.05, 0) is 72.6 Å². The number of aliphatic hydroxyl groups is 1. The number of hydrogen-bond donors (Lipinski definition) is 3. The number of piperidine rings is 1. The van der Waals surface area contributed by atoms with Crippen molar-refractivity contribution in [2.45, 2.75) is 58.1 Å². The molecule has 0 saturated carbocycles. The number of carboxylic acid groups (broad SMARTS) is 1. The van der Waals surface area contributed by atoms with E-state index in [1.54, 1.807) is 29.2 Å². The normalized spacial score (nSPS) is 16.2. The number of hydrogen-bond acceptors (Lipinski definition) is 4. The molecule has 0 bridgehead atoms. The average molecular weight is 620 g/mol. The van der Waals surface area contributed by atoms with Gasteiger partial charge in [-0.1, -0.05) is 67.1 Å². The first-order valence-electron chi connectivity index (χ1n) is 15.2. The van der Waals surface area contributed by atoms with Gasteiger partial charge < -0.3 is 25.3 Å². The van der Waals surface area contributed by atoms with Crippen molar-refractivity contribution in [3.05, 3.63) is 94.0 Å². The van der Waals surface area contributed by atoms with Crippen LogP contribution in [0.15, 0.2) is 66.7 Å². The van der Waals surface area contributed by atoms with Gasteiger partial charge >= 0.3 is 6.09 Å². The molecular weight excluding hydrogens is 578 g/mol. The van der Waals surface area contributed by atoms with Crippen molar-refractivity contribution in [3.63, 3.8) is 0 Å². The first-order chi connectivity index (χ1) is 21.0. The van der Waals surface area contributed by atoms with Gasteiger partial charge in [-0.3, -0.25) is 9.59 Å². The fraction of sp³-hybridized carbons (Fsp3) is 0.400. The van der Waals surface area contributed by atoms with Crippen LogP contribution in [0, 0.1) is 5.92 Å². The van der Waals surface area contributed by atoms with Crippen LogP contribution in [0.2, 0.25) is 5.02 Å². The molecule has 3 aromatic rings. The van der Waals surface area contributed by atoms with Crippen LogP contribution in [-0.4, -0.2) is 64.6 Å². The molecule has 1 saturated heterocycles. The predicted molar refractivity (Wildman–Crippen MR) is 173 cm³/mol. The van der Waals surface area contributed by atoms with Gasteiger partial charge in [0.15, 0.2) is 0 Å². The quantitative estimate of drug-likeness (QED) is 0.217. The lowest BCUT2D eigenvalue weighted by Gasteiger charge is -2.44. The monoisotopic (exact) mass is 619 g/mol. The molecule has 44 heavy (non-hydrogen) atoms. The molecule has 4 rings (SSSR count). The highest BCUT2D eigenvalue weighted by atomic mass is 35.5. The summed E-state index contributed by atoms with van der Waals surface area (Å²) in [6.07, 6.45) is 2.23. The van der Waals surface area contributed by atoms with E-state index in [0.29, 0.717) is 43.1 Å². The Bertz CT molecular complexity index is 1480. The number of halogens is 1. The molecule has 9 heteroatoms. The number of carbonyl (C=O) groups is 3. The van der Waals surface area contributed by atoms with Crippen LogP contribution in [0.5, 0.6) is 0 Å². The van der Waals surface area contributed by atoms with Gasteiger partial charge in [0.25, 0.3) is 5.91 Å². The van der Waals surface area contributed by atoms with E-state index in [2.05, 4.69) is 24.4 Å². The highest BCUT2D eigenvalue weighted by Crippen LogP contribution is 2.45. The summed E-state index contributed by atoms with van der Waals surface area (Å²) >= 11 is 6.86. The second-order valence-electron chi connectivity index (χ2n) is 11.7. The number of carbonyl (C=O) groups excluding carboxylic acids is 2. The molecule has 8 nitrogen and oxygen atoms in total. The summed E-state index contributed by atoms with van der Waals surface area (Å²) in [5, 5.41) is 25.3. The van der Waals surface area contributed by atoms with Gasteiger partial charge in [-0.2, -0.15) is 0 Å². The molecule has 2 atom stereocenters. The maximum absolute atomic E-state index is 13.7. The number of amides is 3. The van der Waals surface area contributed by atoms with Crippen LogP contribution >= 0.6 is 11.6 Å². The van der Waals surface area contributed by atoms with Crippen molar-refractivity contribution in [3.8, 4) is 11.1 Å². The molecule has 1 aliphatic rings. The minimum atomic E-state index is -1.31. The van der Waals surface area contributed by atoms with E-state index in [4.69, 9.17) is 16.7 Å². The van der Waals surface area contributed by atoms with Crippen molar-refractivity contribution in [2.24, 2.45) is 5.92 Å². The van der Waals surface area contributed by atoms with Gasteiger partial charge in [0.2, 0.25) is 5.91 Å². The number of likely N-dealkylation sites (tertiary alicyclic amines) is 1. The lowest BCUT2D eigenvalue weighted by molar-refractivity contribution is -0.119. The van der Waals surface area contributed by atoms with Crippen LogP contribution in [-0.2, 0) is 23.4 Å². The molecule has 3 N–H and O–H groups in total. The molecule has 1 fully saturated rings. The SMILES string of the molecule is CCc1cccc(-c2c(Cl)cccc2[C@](O)(CCCNC(C)=O)C2CCCN(C(=O)c3ccc(CN(C)C(=O)O)cc3)C2)c1. The lowest BCUT2D eigenvalue weighted by Crippen LogP contribution is -2.48. The lowest BCUT2D eigenvalue weighted by atomic mass is 9.72. The third-order valence-corrected chi connectivity index (χ3v) is 8.86. The van der Waals surface area contributed by atoms with Crippen LogP contribution in [0.25, 0.3) is 11.1 Å². The van der Waals surface area contributed by atoms with Gasteiger partial charge in [0.1, 0.15) is 0 Å². The highest BCUT2D eigenvalue weighted by molar-refractivity contribution is 6.33. The number of nitrogens with zero attached hydrogens (tertiary/aromatic N) is 2. The molecule has 0 spiro atoms. The van der Waals surface area contributed by atoms with Crippen LogP contribution < -0.4 is 5.32 Å². The van der Waals surface area contributed by atoms with Gasteiger partial charge in [-0.15, -0.1) is 0 Å². The fourth-order valence-corrected chi connectivity index (χ4v) is 6.42. The predicted octanol–water partition coefficient (Wildman–Crippen LogP) is 6.34. The summed E-state index contributed by atoms with van der Waals surface area (Å²) in [6, 6.07) is 20.8. The van der Waals surface area contributed by atoms with Crippen molar-refractivity contribution < 1.29 is 24.6 Å². The van der Waals surface area contributed by atoms with Crippen molar-refractivity contribution in [1.29, 1.82) is 0 Å². The molecule has 0 aromatic heterocycles. The van der Waals surface area contributed by atoms with Gasteiger partial charge in [-0.25, -0.2) is 4.79 Å². The van der Waals surface area contributed by atoms with E-state index in [1.807, 2.05) is 30.3 Å². The zero-order valence-electron chi connectivity index (χ0n) is 25.7. The van der Waals surface area contributed by atoms with E-state index in [1.165, 1.54) is 18.9 Å². The van der Waals surface area contributed by atoms with Crippen LogP contribution in [0.4, 0.5) is 4.79 Å². The maximum atomic E-state index is 13.7. The molecule has 3 aromatic carbocycles. The Balaban J connectivity index is 1.65. The summed E-state index contributed by atoms with van der Waals surface area (Å²) < 4.78 is 0. The molecule has 3 amide bonds. The number of rotatable bonds is 11. The molecule has 1 unspecified atom stereocenters. The minimum absolute atomic E-state index is 0.122. The van der Waals surface area contributed by atoms with Gasteiger partial charge in [0.05, 0.1) is 5.60 Å². The Hall–Kier alpha value is -3.88. The molecule has 0 radical (unpaired) electrons. The molecule has 1 heterocycles. The Kier molecular flexibility index (Phi) is 11.1. The topological polar surface area (TPSA) is 110 Å². The van der Waals surface area contributed by atoms with Gasteiger partial charge in [0, 0.05) is 62.2 Å². The Morgan fingerprint density at radius 2 is 1.80 bits per heavy atom. The van der Waals surface area contributed by atoms with Crippen LogP contribution in [0.3, 0.4) is 0 Å². The fourth-order valence-electron chi connectivity index (χ4n) is 6.13. The minimum Gasteiger partial charge on any atom is -0.465 e. The Labute approximate surface area is 264 Å². The molecule has 234 valence electrons. The van der Waals surface area contributed by atoms with E-state index in [9.17, 15) is 19.5 Å². The van der Waals surface area contributed by atoms with Crippen LogP contribution in [0.1, 0.15) is 66.6 Å². The van der Waals surface area contributed by atoms with E-state index in [-0.39, 0.29) is 24.3 Å². The number of benzene rings is 3. The zero-order valence-corrected chi connectivity index (χ0v) is 26.4. The standard InChI is InChI=1S/C35H42ClN3O5/c1-4-25-9-5-10-28(21-25)32-30(12-6-13-31(32)36)35(44,18-8-19-37-24(2)40)29-11-7-20-39(23-29)33(41)27-16-14-26(15-17-27)22-38(3)34(42)43/h5-6,9-10,12-17,21,29,44H,4,7-8,11,18-20,22-23H2,1-3H3,(H,37,40)(H,42,43)/t29?,35-/m0/s1. The van der Waals surface area contributed by atoms with Crippen molar-refractivity contribution in [1.82, 2.24) is 15.1 Å². The zero-order chi connectivity index (χ0) is 31.9. The highest BCUT2D eigenvalue weighted by Gasteiger charge is 2.43. The smallest absolute Gasteiger partial charge is 0.407 e. The van der Waals surface area contributed by atoms with E-state index >= 15 is 0 Å². The molecule has 1 aliphatic heterocycles. The Morgan fingerprint density at radius 1 is 1.07 bits per heavy atom. The molecule has 0 aliphatic carbocycles. The summed E-state index contributed by atoms with van der Waals surface area (Å²) in [6.45, 7) is 5.16. The van der Waals surface area contributed by atoms with Crippen molar-refractivity contribution in [2.75, 3.05) is 26.7 Å². The third-order valence-electron chi connectivity index (χ3n) is 8.54. The summed E-state index contributed by atoms with van der Waals surface area (Å²) in [5.74, 6) is -0.522. The summed E-state index contributed by atoms with van der Waals surface area (Å²) in [4.78, 5) is 39.4. The Morgan fingerprint density at radius 3 is 2.48 bits per heavy atom.